The van der Waals surface area contributed by atoms with Gasteiger partial charge in [-0.1, -0.05) is 0 Å². The maximum Gasteiger partial charge on any atom is 0.323 e. The van der Waals surface area contributed by atoms with Crippen molar-refractivity contribution in [2.45, 2.75) is 30.7 Å². The van der Waals surface area contributed by atoms with E-state index in [-0.39, 0.29) is 13.0 Å². The summed E-state index contributed by atoms with van der Waals surface area (Å²) in [5.74, 6) is -2.42. The highest BCUT2D eigenvalue weighted by Crippen LogP contribution is 2.23. The Morgan fingerprint density at radius 2 is 2.00 bits per heavy atom. The Labute approximate surface area is 98.1 Å². The lowest BCUT2D eigenvalue weighted by molar-refractivity contribution is -0.136. The second kappa shape index (κ2) is 4.59. The summed E-state index contributed by atoms with van der Waals surface area (Å²) in [4.78, 5) is 21.7. The summed E-state index contributed by atoms with van der Waals surface area (Å²) in [6.07, 6.45) is -1.12. The molecule has 3 unspecified atom stereocenters. The first-order valence-electron chi connectivity index (χ1n) is 4.88. The third kappa shape index (κ3) is 2.56. The quantitative estimate of drug-likeness (QED) is 0.523. The van der Waals surface area contributed by atoms with Crippen LogP contribution in [0, 0.1) is 0 Å². The molecule has 0 spiro atoms. The molecule has 1 amide bonds. The molecule has 8 nitrogen and oxygen atoms in total. The molecular formula is C8H14N2O6S. The Morgan fingerprint density at radius 3 is 2.41 bits per heavy atom. The number of aliphatic hydroxyl groups excluding tert-OH is 1. The lowest BCUT2D eigenvalue weighted by Gasteiger charge is -2.23. The Hall–Kier alpha value is -1.19. The fourth-order valence-corrected chi connectivity index (χ4v) is 3.24. The zero-order chi connectivity index (χ0) is 13.4. The third-order valence-electron chi connectivity index (χ3n) is 2.68. The van der Waals surface area contributed by atoms with Crippen molar-refractivity contribution in [2.75, 3.05) is 6.54 Å². The molecule has 0 radical (unpaired) electrons. The Kier molecular flexibility index (Phi) is 3.74. The Morgan fingerprint density at radius 1 is 1.47 bits per heavy atom. The van der Waals surface area contributed by atoms with Crippen LogP contribution in [0.1, 0.15) is 13.3 Å². The number of hydrogen-bond donors (Lipinski definition) is 3. The van der Waals surface area contributed by atoms with Crippen LogP contribution >= 0.6 is 0 Å². The smallest absolute Gasteiger partial charge is 0.323 e. The highest BCUT2D eigenvalue weighted by molar-refractivity contribution is 7.90. The number of carbonyl (C=O) groups is 2. The van der Waals surface area contributed by atoms with Crippen molar-refractivity contribution in [1.82, 2.24) is 4.31 Å². The van der Waals surface area contributed by atoms with E-state index in [0.717, 1.165) is 6.92 Å². The highest BCUT2D eigenvalue weighted by Gasteiger charge is 2.45. The number of carboxylic acid groups (broad SMARTS) is 1. The van der Waals surface area contributed by atoms with E-state index in [9.17, 15) is 23.1 Å². The number of sulfonamides is 1. The fourth-order valence-electron chi connectivity index (χ4n) is 1.65. The molecule has 1 aliphatic heterocycles. The summed E-state index contributed by atoms with van der Waals surface area (Å²) in [7, 11) is -4.19. The SMILES string of the molecule is CC(C(=O)O)S(=O)(=O)N1CC(O)CC1C(N)=O. The van der Waals surface area contributed by atoms with Gasteiger partial charge in [0.1, 0.15) is 6.04 Å². The summed E-state index contributed by atoms with van der Waals surface area (Å²) in [6.45, 7) is 0.688. The van der Waals surface area contributed by atoms with Crippen molar-refractivity contribution in [3.63, 3.8) is 0 Å². The number of nitrogens with zero attached hydrogens (tertiary/aromatic N) is 1. The van der Waals surface area contributed by atoms with Gasteiger partial charge in [-0.25, -0.2) is 8.42 Å². The number of rotatable bonds is 4. The Bertz CT molecular complexity index is 433. The van der Waals surface area contributed by atoms with Gasteiger partial charge in [0, 0.05) is 13.0 Å². The number of nitrogens with two attached hydrogens (primary N) is 1. The standard InChI is InChI=1S/C8H14N2O6S/c1-4(8(13)14)17(15,16)10-3-5(11)2-6(10)7(9)12/h4-6,11H,2-3H2,1H3,(H2,9,12)(H,13,14). The second-order valence-electron chi connectivity index (χ2n) is 3.90. The first-order valence-corrected chi connectivity index (χ1v) is 6.39. The average Bonchev–Trinajstić information content (AvgIpc) is 2.59. The van der Waals surface area contributed by atoms with E-state index in [1.54, 1.807) is 0 Å². The summed E-state index contributed by atoms with van der Waals surface area (Å²) in [5, 5.41) is 16.3. The predicted octanol–water partition coefficient (Wildman–Crippen LogP) is -2.29. The molecule has 1 heterocycles. The average molecular weight is 266 g/mol. The van der Waals surface area contributed by atoms with Gasteiger partial charge >= 0.3 is 5.97 Å². The molecule has 0 saturated carbocycles. The predicted molar refractivity (Wildman–Crippen MR) is 56.3 cm³/mol. The van der Waals surface area contributed by atoms with Crippen LogP contribution in [0.15, 0.2) is 0 Å². The summed E-state index contributed by atoms with van der Waals surface area (Å²) < 4.78 is 24.4. The van der Waals surface area contributed by atoms with Gasteiger partial charge in [-0.2, -0.15) is 4.31 Å². The number of amides is 1. The van der Waals surface area contributed by atoms with Gasteiger partial charge in [-0.05, 0) is 6.92 Å². The molecule has 1 aliphatic rings. The molecular weight excluding hydrogens is 252 g/mol. The molecule has 98 valence electrons. The molecule has 4 N–H and O–H groups in total. The largest absolute Gasteiger partial charge is 0.480 e. The van der Waals surface area contributed by atoms with Gasteiger partial charge in [0.25, 0.3) is 0 Å². The number of aliphatic carboxylic acids is 1. The molecule has 3 atom stereocenters. The van der Waals surface area contributed by atoms with Crippen molar-refractivity contribution in [3.05, 3.63) is 0 Å². The molecule has 1 rings (SSSR count). The number of β-amino-alcohol motifs (C(OH)–C–C–N with tert-alkyl or cyclic N) is 1. The van der Waals surface area contributed by atoms with Gasteiger partial charge in [-0.3, -0.25) is 9.59 Å². The second-order valence-corrected chi connectivity index (χ2v) is 6.11. The maximum absolute atomic E-state index is 11.9. The monoisotopic (exact) mass is 266 g/mol. The molecule has 0 aromatic carbocycles. The van der Waals surface area contributed by atoms with E-state index in [0.29, 0.717) is 4.31 Å². The van der Waals surface area contributed by atoms with Crippen LogP contribution in [0.25, 0.3) is 0 Å². The number of aliphatic hydroxyl groups is 1. The van der Waals surface area contributed by atoms with E-state index < -0.39 is 39.3 Å². The van der Waals surface area contributed by atoms with E-state index in [4.69, 9.17) is 10.8 Å². The summed E-state index contributed by atoms with van der Waals surface area (Å²) in [6, 6.07) is -1.18. The van der Waals surface area contributed by atoms with Gasteiger partial charge in [-0.15, -0.1) is 0 Å². The molecule has 0 aromatic rings. The molecule has 0 aromatic heterocycles. The van der Waals surface area contributed by atoms with Gasteiger partial charge in [0.2, 0.25) is 15.9 Å². The first kappa shape index (κ1) is 13.9. The van der Waals surface area contributed by atoms with Crippen LogP contribution in [0.4, 0.5) is 0 Å². The van der Waals surface area contributed by atoms with Crippen LogP contribution in [0.3, 0.4) is 0 Å². The van der Waals surface area contributed by atoms with Crippen LogP contribution in [-0.4, -0.2) is 58.8 Å². The summed E-state index contributed by atoms with van der Waals surface area (Å²) >= 11 is 0. The molecule has 1 saturated heterocycles. The third-order valence-corrected chi connectivity index (χ3v) is 4.84. The minimum absolute atomic E-state index is 0.110. The minimum Gasteiger partial charge on any atom is -0.480 e. The van der Waals surface area contributed by atoms with Crippen LogP contribution in [-0.2, 0) is 19.6 Å². The van der Waals surface area contributed by atoms with Gasteiger partial charge in [0.05, 0.1) is 6.10 Å². The van der Waals surface area contributed by atoms with E-state index in [2.05, 4.69) is 0 Å². The number of carbonyl (C=O) groups excluding carboxylic acids is 1. The van der Waals surface area contributed by atoms with E-state index in [1.165, 1.54) is 0 Å². The molecule has 17 heavy (non-hydrogen) atoms. The minimum atomic E-state index is -4.19. The first-order chi connectivity index (χ1) is 7.67. The van der Waals surface area contributed by atoms with E-state index in [1.807, 2.05) is 0 Å². The topological polar surface area (TPSA) is 138 Å². The lowest BCUT2D eigenvalue weighted by Crippen LogP contribution is -2.48. The molecule has 0 aliphatic carbocycles. The van der Waals surface area contributed by atoms with Crippen LogP contribution < -0.4 is 5.73 Å². The Balaban J connectivity index is 3.06. The molecule has 1 fully saturated rings. The zero-order valence-corrected chi connectivity index (χ0v) is 9.92. The number of primary amides is 1. The fraction of sp³-hybridized carbons (Fsp3) is 0.750. The molecule has 0 bridgehead atoms. The van der Waals surface area contributed by atoms with Gasteiger partial charge in [0.15, 0.2) is 5.25 Å². The van der Waals surface area contributed by atoms with Crippen molar-refractivity contribution >= 4 is 21.9 Å². The van der Waals surface area contributed by atoms with Crippen molar-refractivity contribution in [2.24, 2.45) is 5.73 Å². The van der Waals surface area contributed by atoms with Gasteiger partial charge < -0.3 is 15.9 Å². The number of carboxylic acids is 1. The van der Waals surface area contributed by atoms with Crippen LogP contribution in [0.5, 0.6) is 0 Å². The summed E-state index contributed by atoms with van der Waals surface area (Å²) in [5.41, 5.74) is 5.02. The zero-order valence-electron chi connectivity index (χ0n) is 9.11. The van der Waals surface area contributed by atoms with Crippen LogP contribution in [0.2, 0.25) is 0 Å². The van der Waals surface area contributed by atoms with Crippen molar-refractivity contribution in [3.8, 4) is 0 Å². The van der Waals surface area contributed by atoms with Crippen molar-refractivity contribution < 1.29 is 28.2 Å². The van der Waals surface area contributed by atoms with Crippen molar-refractivity contribution in [1.29, 1.82) is 0 Å². The van der Waals surface area contributed by atoms with E-state index >= 15 is 0 Å². The molecule has 9 heteroatoms. The normalized spacial score (nSPS) is 27.9. The highest BCUT2D eigenvalue weighted by atomic mass is 32.2. The lowest BCUT2D eigenvalue weighted by atomic mass is 10.2. The number of hydrogen-bond acceptors (Lipinski definition) is 5. The maximum atomic E-state index is 11.9.